The highest BCUT2D eigenvalue weighted by atomic mass is 79.9. The van der Waals surface area contributed by atoms with Crippen LogP contribution in [0.5, 0.6) is 5.75 Å². The molecule has 4 rings (SSSR count). The number of aliphatic hydroxyl groups excluding tert-OH is 1. The van der Waals surface area contributed by atoms with E-state index >= 15 is 0 Å². The molecule has 1 heterocycles. The molecule has 0 saturated carbocycles. The van der Waals surface area contributed by atoms with Crippen LogP contribution in [0.3, 0.4) is 0 Å². The summed E-state index contributed by atoms with van der Waals surface area (Å²) in [5.41, 5.74) is 0.697. The second-order valence-electron chi connectivity index (χ2n) is 7.95. The fourth-order valence-corrected chi connectivity index (χ4v) is 4.35. The van der Waals surface area contributed by atoms with Gasteiger partial charge in [-0.2, -0.15) is 0 Å². The standard InChI is InChI=1S/C26H23Br2NO5/c27-20-8-2-17(3-9-20)16-26(25(31)32)23(18-4-10-21(28)11-5-18)34-24(29-26)19-6-12-22(13-7-19)33-15-1-14-30/h2-13,23,30H,1,14-16H2,(H,31,32)/t23-,26-/m1/s1. The molecule has 0 radical (unpaired) electrons. The number of carboxylic acids is 1. The van der Waals surface area contributed by atoms with Crippen molar-refractivity contribution < 1.29 is 24.5 Å². The number of aliphatic hydroxyl groups is 1. The van der Waals surface area contributed by atoms with Gasteiger partial charge in [-0.15, -0.1) is 0 Å². The van der Waals surface area contributed by atoms with Crippen LogP contribution in [-0.4, -0.2) is 40.8 Å². The van der Waals surface area contributed by atoms with Crippen LogP contribution in [0.1, 0.15) is 29.2 Å². The topological polar surface area (TPSA) is 88.4 Å². The number of rotatable bonds is 9. The van der Waals surface area contributed by atoms with E-state index in [4.69, 9.17) is 14.6 Å². The molecule has 2 atom stereocenters. The highest BCUT2D eigenvalue weighted by molar-refractivity contribution is 9.10. The Hall–Kier alpha value is -2.68. The number of hydrogen-bond acceptors (Lipinski definition) is 5. The summed E-state index contributed by atoms with van der Waals surface area (Å²) in [6.45, 7) is 0.476. The lowest BCUT2D eigenvalue weighted by Crippen LogP contribution is -2.43. The maximum absolute atomic E-state index is 12.8. The third-order valence-corrected chi connectivity index (χ3v) is 6.62. The zero-order valence-corrected chi connectivity index (χ0v) is 21.3. The molecule has 3 aromatic carbocycles. The minimum atomic E-state index is -1.53. The maximum Gasteiger partial charge on any atom is 0.336 e. The molecule has 34 heavy (non-hydrogen) atoms. The zero-order valence-electron chi connectivity index (χ0n) is 18.2. The molecule has 3 aromatic rings. The van der Waals surface area contributed by atoms with Crippen molar-refractivity contribution in [2.75, 3.05) is 13.2 Å². The molecule has 0 aromatic heterocycles. The number of nitrogens with zero attached hydrogens (tertiary/aromatic N) is 1. The van der Waals surface area contributed by atoms with Crippen LogP contribution in [0.4, 0.5) is 0 Å². The molecule has 1 aliphatic rings. The number of aliphatic carboxylic acids is 1. The first-order valence-electron chi connectivity index (χ1n) is 10.8. The number of ether oxygens (including phenoxy) is 2. The van der Waals surface area contributed by atoms with Gasteiger partial charge in [0, 0.05) is 34.0 Å². The first-order valence-corrected chi connectivity index (χ1v) is 12.3. The molecular weight excluding hydrogens is 566 g/mol. The van der Waals surface area contributed by atoms with E-state index in [1.165, 1.54) is 0 Å². The van der Waals surface area contributed by atoms with Crippen molar-refractivity contribution >= 4 is 43.7 Å². The SMILES string of the molecule is O=C(O)[C@]1(Cc2ccc(Br)cc2)N=C(c2ccc(OCCCO)cc2)O[C@@H]1c1ccc(Br)cc1. The third-order valence-electron chi connectivity index (χ3n) is 5.57. The van der Waals surface area contributed by atoms with Gasteiger partial charge in [0.05, 0.1) is 6.61 Å². The molecule has 0 bridgehead atoms. The smallest absolute Gasteiger partial charge is 0.336 e. The normalized spacial score (nSPS) is 19.4. The summed E-state index contributed by atoms with van der Waals surface area (Å²) in [4.78, 5) is 17.5. The van der Waals surface area contributed by atoms with E-state index in [-0.39, 0.29) is 18.9 Å². The third kappa shape index (κ3) is 5.35. The molecule has 0 fully saturated rings. The molecule has 2 N–H and O–H groups in total. The van der Waals surface area contributed by atoms with E-state index < -0.39 is 17.6 Å². The van der Waals surface area contributed by atoms with Crippen molar-refractivity contribution in [3.8, 4) is 5.75 Å². The van der Waals surface area contributed by atoms with Crippen LogP contribution < -0.4 is 4.74 Å². The minimum absolute atomic E-state index is 0.0653. The van der Waals surface area contributed by atoms with Gasteiger partial charge in [0.25, 0.3) is 0 Å². The van der Waals surface area contributed by atoms with Gasteiger partial charge in [0.2, 0.25) is 11.4 Å². The quantitative estimate of drug-likeness (QED) is 0.320. The van der Waals surface area contributed by atoms with E-state index in [0.29, 0.717) is 24.3 Å². The summed E-state index contributed by atoms with van der Waals surface area (Å²) < 4.78 is 13.7. The molecular formula is C26H23Br2NO5. The van der Waals surface area contributed by atoms with Gasteiger partial charge >= 0.3 is 5.97 Å². The number of hydrogen-bond donors (Lipinski definition) is 2. The molecule has 1 aliphatic heterocycles. The van der Waals surface area contributed by atoms with Gasteiger partial charge in [-0.3, -0.25) is 0 Å². The Bertz CT molecular complexity index is 1160. The summed E-state index contributed by atoms with van der Waals surface area (Å²) in [5, 5.41) is 19.4. The van der Waals surface area contributed by atoms with Crippen molar-refractivity contribution in [1.82, 2.24) is 0 Å². The van der Waals surface area contributed by atoms with E-state index in [1.807, 2.05) is 48.5 Å². The minimum Gasteiger partial charge on any atom is -0.494 e. The Kier molecular flexibility index (Phi) is 7.70. The van der Waals surface area contributed by atoms with Gasteiger partial charge in [0.15, 0.2) is 6.10 Å². The molecule has 176 valence electrons. The fourth-order valence-electron chi connectivity index (χ4n) is 3.82. The lowest BCUT2D eigenvalue weighted by Gasteiger charge is -2.28. The lowest BCUT2D eigenvalue weighted by atomic mass is 9.83. The molecule has 0 aliphatic carbocycles. The second kappa shape index (κ2) is 10.7. The van der Waals surface area contributed by atoms with Crippen LogP contribution in [-0.2, 0) is 16.0 Å². The number of halogens is 2. The Balaban J connectivity index is 1.71. The van der Waals surface area contributed by atoms with Crippen LogP contribution in [0.15, 0.2) is 86.7 Å². The van der Waals surface area contributed by atoms with E-state index in [2.05, 4.69) is 36.9 Å². The van der Waals surface area contributed by atoms with Gasteiger partial charge in [-0.05, 0) is 59.7 Å². The van der Waals surface area contributed by atoms with Crippen LogP contribution in [0.25, 0.3) is 0 Å². The number of aliphatic imine (C=N–C) groups is 1. The van der Waals surface area contributed by atoms with Crippen molar-refractivity contribution in [1.29, 1.82) is 0 Å². The van der Waals surface area contributed by atoms with Gasteiger partial charge in [0.1, 0.15) is 5.75 Å². The van der Waals surface area contributed by atoms with Gasteiger partial charge in [-0.1, -0.05) is 56.1 Å². The monoisotopic (exact) mass is 587 g/mol. The van der Waals surface area contributed by atoms with Gasteiger partial charge in [-0.25, -0.2) is 9.79 Å². The Morgan fingerprint density at radius 3 is 2.18 bits per heavy atom. The first-order chi connectivity index (χ1) is 16.4. The average Bonchev–Trinajstić information content (AvgIpc) is 3.22. The van der Waals surface area contributed by atoms with E-state index in [0.717, 1.165) is 20.1 Å². The average molecular weight is 589 g/mol. The Morgan fingerprint density at radius 1 is 0.971 bits per heavy atom. The predicted octanol–water partition coefficient (Wildman–Crippen LogP) is 5.56. The summed E-state index contributed by atoms with van der Waals surface area (Å²) in [6.07, 6.45) is -0.0940. The molecule has 0 unspecified atom stereocenters. The summed E-state index contributed by atoms with van der Waals surface area (Å²) in [5.74, 6) is -0.128. The molecule has 0 amide bonds. The van der Waals surface area contributed by atoms with Gasteiger partial charge < -0.3 is 19.7 Å². The van der Waals surface area contributed by atoms with Crippen LogP contribution in [0, 0.1) is 0 Å². The summed E-state index contributed by atoms with van der Waals surface area (Å²) >= 11 is 6.86. The van der Waals surface area contributed by atoms with Crippen molar-refractivity contribution in [3.05, 3.63) is 98.4 Å². The molecule has 0 saturated heterocycles. The van der Waals surface area contributed by atoms with Crippen molar-refractivity contribution in [2.45, 2.75) is 24.5 Å². The maximum atomic E-state index is 12.8. The zero-order chi connectivity index (χ0) is 24.1. The number of carbonyl (C=O) groups is 1. The summed E-state index contributed by atoms with van der Waals surface area (Å²) in [7, 11) is 0. The largest absolute Gasteiger partial charge is 0.494 e. The highest BCUT2D eigenvalue weighted by Gasteiger charge is 2.53. The highest BCUT2D eigenvalue weighted by Crippen LogP contribution is 2.42. The van der Waals surface area contributed by atoms with Crippen LogP contribution >= 0.6 is 31.9 Å². The Morgan fingerprint density at radius 2 is 1.59 bits per heavy atom. The Labute approximate surface area is 214 Å². The van der Waals surface area contributed by atoms with E-state index in [9.17, 15) is 9.90 Å². The molecule has 8 heteroatoms. The first kappa shape index (κ1) is 24.4. The molecule has 0 spiro atoms. The lowest BCUT2D eigenvalue weighted by molar-refractivity contribution is -0.146. The fraction of sp³-hybridized carbons (Fsp3) is 0.231. The summed E-state index contributed by atoms with van der Waals surface area (Å²) in [6, 6.07) is 22.1. The molecule has 6 nitrogen and oxygen atoms in total. The number of benzene rings is 3. The van der Waals surface area contributed by atoms with Crippen molar-refractivity contribution in [3.63, 3.8) is 0 Å². The van der Waals surface area contributed by atoms with Crippen LogP contribution in [0.2, 0.25) is 0 Å². The van der Waals surface area contributed by atoms with Crippen molar-refractivity contribution in [2.24, 2.45) is 4.99 Å². The number of carboxylic acid groups (broad SMARTS) is 1. The van der Waals surface area contributed by atoms with E-state index in [1.54, 1.807) is 24.3 Å². The second-order valence-corrected chi connectivity index (χ2v) is 9.78. The predicted molar refractivity (Wildman–Crippen MR) is 136 cm³/mol.